The Morgan fingerprint density at radius 3 is 2.46 bits per heavy atom. The summed E-state index contributed by atoms with van der Waals surface area (Å²) in [5.41, 5.74) is 2.08. The SMILES string of the molecule is COc1cc(F)cc(C)c1C(=O)NC(c1ccccc1)C1(C)CCCC1. The Bertz CT molecular complexity index is 782. The summed E-state index contributed by atoms with van der Waals surface area (Å²) in [6.07, 6.45) is 4.50. The third-order valence-electron chi connectivity index (χ3n) is 5.56. The summed E-state index contributed by atoms with van der Waals surface area (Å²) in [5, 5.41) is 3.23. The number of rotatable bonds is 5. The second kappa shape index (κ2) is 7.48. The molecule has 1 aliphatic rings. The molecule has 0 aromatic heterocycles. The number of carbonyl (C=O) groups is 1. The van der Waals surface area contributed by atoms with Crippen molar-refractivity contribution in [1.82, 2.24) is 5.32 Å². The second-order valence-corrected chi connectivity index (χ2v) is 7.48. The van der Waals surface area contributed by atoms with Crippen LogP contribution < -0.4 is 10.1 Å². The van der Waals surface area contributed by atoms with Gasteiger partial charge in [0.15, 0.2) is 0 Å². The van der Waals surface area contributed by atoms with E-state index >= 15 is 0 Å². The molecule has 0 spiro atoms. The molecule has 2 aromatic carbocycles. The maximum Gasteiger partial charge on any atom is 0.255 e. The molecule has 1 saturated carbocycles. The molecule has 1 amide bonds. The van der Waals surface area contributed by atoms with Crippen LogP contribution in [0.2, 0.25) is 0 Å². The number of hydrogen-bond donors (Lipinski definition) is 1. The van der Waals surface area contributed by atoms with Crippen LogP contribution >= 0.6 is 0 Å². The van der Waals surface area contributed by atoms with E-state index < -0.39 is 5.82 Å². The van der Waals surface area contributed by atoms with Crippen molar-refractivity contribution in [2.24, 2.45) is 5.41 Å². The molecule has 2 aromatic rings. The standard InChI is InChI=1S/C22H26FNO2/c1-15-13-17(23)14-18(26-3)19(15)21(25)24-20(16-9-5-4-6-10-16)22(2)11-7-8-12-22/h4-6,9-10,13-14,20H,7-8,11-12H2,1-3H3,(H,24,25). The van der Waals surface area contributed by atoms with E-state index in [-0.39, 0.29) is 23.1 Å². The summed E-state index contributed by atoms with van der Waals surface area (Å²) in [6, 6.07) is 12.6. The van der Waals surface area contributed by atoms with Gasteiger partial charge in [-0.2, -0.15) is 0 Å². The quantitative estimate of drug-likeness (QED) is 0.801. The zero-order valence-corrected chi connectivity index (χ0v) is 15.6. The van der Waals surface area contributed by atoms with Crippen molar-refractivity contribution in [2.45, 2.75) is 45.6 Å². The van der Waals surface area contributed by atoms with E-state index in [1.807, 2.05) is 18.2 Å². The molecule has 1 fully saturated rings. The van der Waals surface area contributed by atoms with Crippen LogP contribution in [0.5, 0.6) is 5.75 Å². The minimum absolute atomic E-state index is 0.0121. The maximum absolute atomic E-state index is 13.7. The third kappa shape index (κ3) is 3.59. The molecule has 0 aliphatic heterocycles. The number of nitrogens with one attached hydrogen (secondary N) is 1. The number of methoxy groups -OCH3 is 1. The number of halogens is 1. The normalized spacial score (nSPS) is 16.9. The van der Waals surface area contributed by atoms with E-state index in [0.717, 1.165) is 18.4 Å². The van der Waals surface area contributed by atoms with Gasteiger partial charge in [0.25, 0.3) is 5.91 Å². The molecule has 1 N–H and O–H groups in total. The Morgan fingerprint density at radius 1 is 1.19 bits per heavy atom. The minimum Gasteiger partial charge on any atom is -0.496 e. The average Bonchev–Trinajstić information content (AvgIpc) is 3.07. The fourth-order valence-corrected chi connectivity index (χ4v) is 4.14. The zero-order chi connectivity index (χ0) is 18.7. The van der Waals surface area contributed by atoms with Gasteiger partial charge in [-0.3, -0.25) is 4.79 Å². The van der Waals surface area contributed by atoms with Gasteiger partial charge in [0, 0.05) is 6.07 Å². The van der Waals surface area contributed by atoms with Gasteiger partial charge in [0.05, 0.1) is 18.7 Å². The number of benzene rings is 2. The molecule has 4 heteroatoms. The highest BCUT2D eigenvalue weighted by Gasteiger charge is 2.39. The second-order valence-electron chi connectivity index (χ2n) is 7.48. The van der Waals surface area contributed by atoms with Crippen molar-refractivity contribution < 1.29 is 13.9 Å². The summed E-state index contributed by atoms with van der Waals surface area (Å²) in [5.74, 6) is -0.358. The number of aryl methyl sites for hydroxylation is 1. The average molecular weight is 355 g/mol. The van der Waals surface area contributed by atoms with Gasteiger partial charge >= 0.3 is 0 Å². The van der Waals surface area contributed by atoms with Gasteiger partial charge in [-0.25, -0.2) is 4.39 Å². The van der Waals surface area contributed by atoms with Gasteiger partial charge in [-0.1, -0.05) is 50.1 Å². The Morgan fingerprint density at radius 2 is 1.85 bits per heavy atom. The van der Waals surface area contributed by atoms with E-state index in [0.29, 0.717) is 11.1 Å². The first-order chi connectivity index (χ1) is 12.4. The monoisotopic (exact) mass is 355 g/mol. The summed E-state index contributed by atoms with van der Waals surface area (Å²) in [4.78, 5) is 13.1. The number of amides is 1. The summed E-state index contributed by atoms with van der Waals surface area (Å²) < 4.78 is 18.9. The Balaban J connectivity index is 1.96. The highest BCUT2D eigenvalue weighted by molar-refractivity contribution is 5.98. The lowest BCUT2D eigenvalue weighted by atomic mass is 9.77. The summed E-state index contributed by atoms with van der Waals surface area (Å²) >= 11 is 0. The Hall–Kier alpha value is -2.36. The van der Waals surface area contributed by atoms with E-state index in [1.165, 1.54) is 32.1 Å². The zero-order valence-electron chi connectivity index (χ0n) is 15.6. The van der Waals surface area contributed by atoms with Crippen molar-refractivity contribution >= 4 is 5.91 Å². The molecule has 0 heterocycles. The lowest BCUT2D eigenvalue weighted by Crippen LogP contribution is -2.38. The largest absolute Gasteiger partial charge is 0.496 e. The number of hydrogen-bond acceptors (Lipinski definition) is 2. The molecular weight excluding hydrogens is 329 g/mol. The van der Waals surface area contributed by atoms with Crippen molar-refractivity contribution in [3.8, 4) is 5.75 Å². The topological polar surface area (TPSA) is 38.3 Å². The maximum atomic E-state index is 13.7. The molecule has 0 saturated heterocycles. The van der Waals surface area contributed by atoms with Crippen LogP contribution in [0.4, 0.5) is 4.39 Å². The molecule has 1 aliphatic carbocycles. The molecule has 138 valence electrons. The first-order valence-corrected chi connectivity index (χ1v) is 9.14. The Kier molecular flexibility index (Phi) is 5.30. The predicted molar refractivity (Wildman–Crippen MR) is 101 cm³/mol. The molecule has 3 rings (SSSR count). The molecule has 0 bridgehead atoms. The smallest absolute Gasteiger partial charge is 0.255 e. The van der Waals surface area contributed by atoms with Crippen LogP contribution in [0.3, 0.4) is 0 Å². The lowest BCUT2D eigenvalue weighted by molar-refractivity contribution is 0.0883. The molecule has 1 unspecified atom stereocenters. The molecule has 26 heavy (non-hydrogen) atoms. The van der Waals surface area contributed by atoms with Crippen molar-refractivity contribution in [1.29, 1.82) is 0 Å². The molecule has 3 nitrogen and oxygen atoms in total. The van der Waals surface area contributed by atoms with E-state index in [1.54, 1.807) is 6.92 Å². The van der Waals surface area contributed by atoms with E-state index in [9.17, 15) is 9.18 Å². The third-order valence-corrected chi connectivity index (χ3v) is 5.56. The molecule has 1 atom stereocenters. The van der Waals surface area contributed by atoms with E-state index in [4.69, 9.17) is 4.74 Å². The first kappa shape index (κ1) is 18.4. The van der Waals surface area contributed by atoms with Gasteiger partial charge in [-0.05, 0) is 42.4 Å². The molecular formula is C22H26FNO2. The van der Waals surface area contributed by atoms with Gasteiger partial charge in [0.2, 0.25) is 0 Å². The Labute approximate surface area is 154 Å². The summed E-state index contributed by atoms with van der Waals surface area (Å²) in [6.45, 7) is 3.97. The minimum atomic E-state index is -0.404. The first-order valence-electron chi connectivity index (χ1n) is 9.14. The lowest BCUT2D eigenvalue weighted by Gasteiger charge is -2.35. The fourth-order valence-electron chi connectivity index (χ4n) is 4.14. The molecule has 0 radical (unpaired) electrons. The van der Waals surface area contributed by atoms with Gasteiger partial charge in [0.1, 0.15) is 11.6 Å². The van der Waals surface area contributed by atoms with Crippen LogP contribution in [-0.2, 0) is 0 Å². The van der Waals surface area contributed by atoms with Crippen molar-refractivity contribution in [2.75, 3.05) is 7.11 Å². The van der Waals surface area contributed by atoms with Crippen LogP contribution in [0.1, 0.15) is 60.1 Å². The predicted octanol–water partition coefficient (Wildman–Crippen LogP) is 5.19. The van der Waals surface area contributed by atoms with Crippen molar-refractivity contribution in [3.05, 3.63) is 65.0 Å². The van der Waals surface area contributed by atoms with Crippen LogP contribution in [0.15, 0.2) is 42.5 Å². The van der Waals surface area contributed by atoms with Crippen LogP contribution in [0, 0.1) is 18.2 Å². The van der Waals surface area contributed by atoms with Gasteiger partial charge in [-0.15, -0.1) is 0 Å². The highest BCUT2D eigenvalue weighted by Crippen LogP contribution is 2.47. The van der Waals surface area contributed by atoms with Gasteiger partial charge < -0.3 is 10.1 Å². The van der Waals surface area contributed by atoms with E-state index in [2.05, 4.69) is 24.4 Å². The number of carbonyl (C=O) groups excluding carboxylic acids is 1. The highest BCUT2D eigenvalue weighted by atomic mass is 19.1. The van der Waals surface area contributed by atoms with Crippen LogP contribution in [0.25, 0.3) is 0 Å². The number of ether oxygens (including phenoxy) is 1. The van der Waals surface area contributed by atoms with Crippen molar-refractivity contribution in [3.63, 3.8) is 0 Å². The summed E-state index contributed by atoms with van der Waals surface area (Å²) in [7, 11) is 1.46. The fraction of sp³-hybridized carbons (Fsp3) is 0.409. The van der Waals surface area contributed by atoms with Crippen LogP contribution in [-0.4, -0.2) is 13.0 Å².